The molecular weight excluding hydrogens is 216 g/mol. The average Bonchev–Trinajstić information content (AvgIpc) is 2.98. The molecule has 1 heterocycles. The summed E-state index contributed by atoms with van der Waals surface area (Å²) in [6.45, 7) is 0. The van der Waals surface area contributed by atoms with Gasteiger partial charge in [-0.3, -0.25) is 4.79 Å². The summed E-state index contributed by atoms with van der Waals surface area (Å²) < 4.78 is 0. The summed E-state index contributed by atoms with van der Waals surface area (Å²) in [4.78, 5) is 20.3. The number of carboxylic acids is 1. The maximum atomic E-state index is 11.7. The van der Waals surface area contributed by atoms with E-state index in [2.05, 4.69) is 9.97 Å². The Bertz CT molecular complexity index is 464. The minimum atomic E-state index is -0.725. The highest BCUT2D eigenvalue weighted by molar-refractivity contribution is 5.81. The first-order chi connectivity index (χ1) is 8.24. The molecule has 0 aromatic carbocycles. The molecule has 1 aromatic heterocycles. The Balaban J connectivity index is 2.14. The van der Waals surface area contributed by atoms with Crippen LogP contribution in [-0.2, 0) is 23.1 Å². The van der Waals surface area contributed by atoms with E-state index in [-0.39, 0.29) is 0 Å². The summed E-state index contributed by atoms with van der Waals surface area (Å²) in [5.74, 6) is -0.706. The standard InChI is InChI=1S/C13H16N2O2/c16-12(17)13(6-1-2-7-13)11-9-4-3-5-10(9)14-8-15-11/h8H,1-7H2,(H,16,17). The Morgan fingerprint density at radius 3 is 2.65 bits per heavy atom. The van der Waals surface area contributed by atoms with Gasteiger partial charge in [0.15, 0.2) is 0 Å². The maximum absolute atomic E-state index is 11.7. The summed E-state index contributed by atoms with van der Waals surface area (Å²) in [6.07, 6.45) is 7.98. The van der Waals surface area contributed by atoms with Crippen molar-refractivity contribution < 1.29 is 9.90 Å². The number of carbonyl (C=O) groups is 1. The Morgan fingerprint density at radius 2 is 1.94 bits per heavy atom. The molecule has 4 heteroatoms. The molecule has 17 heavy (non-hydrogen) atoms. The Labute approximate surface area is 100 Å². The molecule has 3 rings (SSSR count). The first kappa shape index (κ1) is 10.7. The van der Waals surface area contributed by atoms with E-state index < -0.39 is 11.4 Å². The van der Waals surface area contributed by atoms with Crippen LogP contribution in [0, 0.1) is 0 Å². The van der Waals surface area contributed by atoms with Crippen molar-refractivity contribution in [3.63, 3.8) is 0 Å². The monoisotopic (exact) mass is 232 g/mol. The number of rotatable bonds is 2. The normalized spacial score (nSPS) is 21.4. The number of aryl methyl sites for hydroxylation is 1. The van der Waals surface area contributed by atoms with Crippen LogP contribution < -0.4 is 0 Å². The highest BCUT2D eigenvalue weighted by atomic mass is 16.4. The van der Waals surface area contributed by atoms with E-state index in [1.165, 1.54) is 0 Å². The number of aromatic nitrogens is 2. The Kier molecular flexibility index (Phi) is 2.38. The second-order valence-corrected chi connectivity index (χ2v) is 5.10. The topological polar surface area (TPSA) is 63.1 Å². The molecule has 0 amide bonds. The zero-order chi connectivity index (χ0) is 11.9. The fourth-order valence-electron chi connectivity index (χ4n) is 3.30. The van der Waals surface area contributed by atoms with Gasteiger partial charge in [0.1, 0.15) is 11.7 Å². The maximum Gasteiger partial charge on any atom is 0.315 e. The van der Waals surface area contributed by atoms with Crippen molar-refractivity contribution >= 4 is 5.97 Å². The summed E-state index contributed by atoms with van der Waals surface area (Å²) in [5.41, 5.74) is 2.28. The third-order valence-electron chi connectivity index (χ3n) is 4.19. The Morgan fingerprint density at radius 1 is 1.18 bits per heavy atom. The minimum Gasteiger partial charge on any atom is -0.481 e. The minimum absolute atomic E-state index is 0.706. The molecule has 4 nitrogen and oxygen atoms in total. The smallest absolute Gasteiger partial charge is 0.315 e. The van der Waals surface area contributed by atoms with E-state index >= 15 is 0 Å². The Hall–Kier alpha value is -1.45. The van der Waals surface area contributed by atoms with Crippen LogP contribution in [0.3, 0.4) is 0 Å². The molecule has 0 atom stereocenters. The van der Waals surface area contributed by atoms with Crippen LogP contribution in [0.4, 0.5) is 0 Å². The van der Waals surface area contributed by atoms with Crippen molar-refractivity contribution in [1.82, 2.24) is 9.97 Å². The van der Waals surface area contributed by atoms with Crippen molar-refractivity contribution in [2.45, 2.75) is 50.4 Å². The molecular formula is C13H16N2O2. The van der Waals surface area contributed by atoms with Gasteiger partial charge in [-0.1, -0.05) is 12.8 Å². The van der Waals surface area contributed by atoms with Crippen LogP contribution in [0.15, 0.2) is 6.33 Å². The first-order valence-corrected chi connectivity index (χ1v) is 6.31. The molecule has 2 aliphatic rings. The van der Waals surface area contributed by atoms with Crippen LogP contribution in [-0.4, -0.2) is 21.0 Å². The first-order valence-electron chi connectivity index (χ1n) is 6.31. The summed E-state index contributed by atoms with van der Waals surface area (Å²) in [6, 6.07) is 0. The van der Waals surface area contributed by atoms with Gasteiger partial charge in [-0.25, -0.2) is 9.97 Å². The largest absolute Gasteiger partial charge is 0.481 e. The van der Waals surface area contributed by atoms with Gasteiger partial charge < -0.3 is 5.11 Å². The van der Waals surface area contributed by atoms with Crippen LogP contribution in [0.2, 0.25) is 0 Å². The third-order valence-corrected chi connectivity index (χ3v) is 4.19. The van der Waals surface area contributed by atoms with Crippen molar-refractivity contribution in [3.8, 4) is 0 Å². The fourth-order valence-corrected chi connectivity index (χ4v) is 3.30. The van der Waals surface area contributed by atoms with Crippen molar-refractivity contribution in [2.75, 3.05) is 0 Å². The number of aliphatic carboxylic acids is 1. The molecule has 1 fully saturated rings. The molecule has 90 valence electrons. The molecule has 0 bridgehead atoms. The van der Waals surface area contributed by atoms with Crippen molar-refractivity contribution in [2.24, 2.45) is 0 Å². The van der Waals surface area contributed by atoms with E-state index in [9.17, 15) is 9.90 Å². The van der Waals surface area contributed by atoms with Crippen LogP contribution in [0.5, 0.6) is 0 Å². The lowest BCUT2D eigenvalue weighted by Gasteiger charge is -2.25. The van der Waals surface area contributed by atoms with Gasteiger partial charge in [-0.05, 0) is 37.7 Å². The van der Waals surface area contributed by atoms with E-state index in [1.54, 1.807) is 6.33 Å². The zero-order valence-corrected chi connectivity index (χ0v) is 9.78. The lowest BCUT2D eigenvalue weighted by atomic mass is 9.80. The zero-order valence-electron chi connectivity index (χ0n) is 9.78. The SMILES string of the molecule is O=C(O)C1(c2ncnc3c2CCC3)CCCC1. The van der Waals surface area contributed by atoms with Crippen molar-refractivity contribution in [3.05, 3.63) is 23.3 Å². The van der Waals surface area contributed by atoms with E-state index in [0.29, 0.717) is 0 Å². The van der Waals surface area contributed by atoms with Gasteiger partial charge in [-0.2, -0.15) is 0 Å². The van der Waals surface area contributed by atoms with Crippen LogP contribution >= 0.6 is 0 Å². The molecule has 1 aromatic rings. The molecule has 0 aliphatic heterocycles. The predicted octanol–water partition coefficient (Wildman–Crippen LogP) is 1.86. The van der Waals surface area contributed by atoms with Gasteiger partial charge in [-0.15, -0.1) is 0 Å². The molecule has 0 saturated heterocycles. The van der Waals surface area contributed by atoms with Crippen LogP contribution in [0.25, 0.3) is 0 Å². The van der Waals surface area contributed by atoms with Gasteiger partial charge in [0.05, 0.1) is 5.69 Å². The quantitative estimate of drug-likeness (QED) is 0.845. The number of carboxylic acid groups (broad SMARTS) is 1. The second-order valence-electron chi connectivity index (χ2n) is 5.10. The number of hydrogen-bond donors (Lipinski definition) is 1. The summed E-state index contributed by atoms with van der Waals surface area (Å²) >= 11 is 0. The summed E-state index contributed by atoms with van der Waals surface area (Å²) in [5, 5.41) is 9.59. The van der Waals surface area contributed by atoms with E-state index in [4.69, 9.17) is 0 Å². The average molecular weight is 232 g/mol. The number of hydrogen-bond acceptors (Lipinski definition) is 3. The van der Waals surface area contributed by atoms with E-state index in [1.807, 2.05) is 0 Å². The van der Waals surface area contributed by atoms with Gasteiger partial charge in [0.2, 0.25) is 0 Å². The molecule has 1 saturated carbocycles. The van der Waals surface area contributed by atoms with Crippen molar-refractivity contribution in [1.29, 1.82) is 0 Å². The van der Waals surface area contributed by atoms with Gasteiger partial charge in [0, 0.05) is 5.69 Å². The molecule has 2 aliphatic carbocycles. The van der Waals surface area contributed by atoms with Gasteiger partial charge >= 0.3 is 5.97 Å². The highest BCUT2D eigenvalue weighted by Gasteiger charge is 2.46. The van der Waals surface area contributed by atoms with Gasteiger partial charge in [0.25, 0.3) is 0 Å². The number of nitrogens with zero attached hydrogens (tertiary/aromatic N) is 2. The molecule has 1 N–H and O–H groups in total. The molecule has 0 unspecified atom stereocenters. The lowest BCUT2D eigenvalue weighted by molar-refractivity contribution is -0.143. The number of fused-ring (bicyclic) bond motifs is 1. The molecule has 0 radical (unpaired) electrons. The molecule has 0 spiro atoms. The van der Waals surface area contributed by atoms with Crippen LogP contribution in [0.1, 0.15) is 49.1 Å². The summed E-state index contributed by atoms with van der Waals surface area (Å²) in [7, 11) is 0. The fraction of sp³-hybridized carbons (Fsp3) is 0.615. The second kappa shape index (κ2) is 3.79. The highest BCUT2D eigenvalue weighted by Crippen LogP contribution is 2.43. The third kappa shape index (κ3) is 1.47. The lowest BCUT2D eigenvalue weighted by Crippen LogP contribution is -2.35. The predicted molar refractivity (Wildman–Crippen MR) is 61.8 cm³/mol. The van der Waals surface area contributed by atoms with E-state index in [0.717, 1.165) is 61.9 Å².